The Morgan fingerprint density at radius 2 is 1.74 bits per heavy atom. The molecule has 0 aliphatic rings. The number of likely N-dealkylation sites (N-methyl/N-ethyl adjacent to an activating group) is 2. The van der Waals surface area contributed by atoms with Crippen molar-refractivity contribution in [3.8, 4) is 5.75 Å². The van der Waals surface area contributed by atoms with E-state index in [0.717, 1.165) is 50.1 Å². The van der Waals surface area contributed by atoms with E-state index >= 15 is 0 Å². The predicted molar refractivity (Wildman–Crippen MR) is 174 cm³/mol. The quantitative estimate of drug-likeness (QED) is 0.108. The molecule has 3 aromatic rings. The van der Waals surface area contributed by atoms with Crippen molar-refractivity contribution < 1.29 is 32.2 Å². The van der Waals surface area contributed by atoms with Crippen LogP contribution in [-0.2, 0) is 17.5 Å². The number of anilines is 1. The highest BCUT2D eigenvalue weighted by atomic mass is 35.5. The number of ether oxygens (including phenoxy) is 2. The number of methoxy groups -OCH3 is 1. The van der Waals surface area contributed by atoms with Gasteiger partial charge in [-0.05, 0) is 73.7 Å². The number of rotatable bonds is 16. The van der Waals surface area contributed by atoms with E-state index in [1.54, 1.807) is 24.3 Å². The van der Waals surface area contributed by atoms with Crippen molar-refractivity contribution in [2.24, 2.45) is 5.10 Å². The first-order chi connectivity index (χ1) is 21.9. The maximum Gasteiger partial charge on any atom is 0.417 e. The molecule has 2 N–H and O–H groups in total. The van der Waals surface area contributed by atoms with Crippen molar-refractivity contribution >= 4 is 35.3 Å². The minimum atomic E-state index is -4.65. The molecule has 0 radical (unpaired) electrons. The molecule has 0 fully saturated rings. The Morgan fingerprint density at radius 3 is 2.43 bits per heavy atom. The maximum atomic E-state index is 13.3. The third-order valence-electron chi connectivity index (χ3n) is 7.05. The summed E-state index contributed by atoms with van der Waals surface area (Å²) >= 11 is 5.68. The second-order valence-corrected chi connectivity index (χ2v) is 10.8. The summed E-state index contributed by atoms with van der Waals surface area (Å²) in [5, 5.41) is 6.15. The molecule has 3 aromatic carbocycles. The van der Waals surface area contributed by atoms with Gasteiger partial charge < -0.3 is 24.6 Å². The number of hydrazone groups is 1. The lowest BCUT2D eigenvalue weighted by Gasteiger charge is -2.23. The van der Waals surface area contributed by atoms with Crippen molar-refractivity contribution in [3.63, 3.8) is 0 Å². The lowest BCUT2D eigenvalue weighted by Crippen LogP contribution is -2.32. The van der Waals surface area contributed by atoms with Gasteiger partial charge in [0, 0.05) is 32.3 Å². The third kappa shape index (κ3) is 11.1. The summed E-state index contributed by atoms with van der Waals surface area (Å²) in [6.07, 6.45) is -3.59. The van der Waals surface area contributed by atoms with Crippen LogP contribution in [0.4, 0.5) is 18.9 Å². The first-order valence-corrected chi connectivity index (χ1v) is 15.1. The Bertz CT molecular complexity index is 1500. The number of carbonyl (C=O) groups is 2. The summed E-state index contributed by atoms with van der Waals surface area (Å²) in [6, 6.07) is 15.1. The second kappa shape index (κ2) is 17.7. The summed E-state index contributed by atoms with van der Waals surface area (Å²) in [7, 11) is 3.55. The zero-order chi connectivity index (χ0) is 33.7. The first kappa shape index (κ1) is 36.5. The molecule has 3 rings (SSSR count). The minimum absolute atomic E-state index is 0.0276. The fraction of sp³-hybridized carbons (Fsp3) is 0.364. The van der Waals surface area contributed by atoms with E-state index in [9.17, 15) is 22.8 Å². The average Bonchev–Trinajstić information content (AvgIpc) is 3.02. The van der Waals surface area contributed by atoms with Gasteiger partial charge in [-0.25, -0.2) is 5.43 Å². The molecule has 2 amide bonds. The Balaban J connectivity index is 1.77. The number of hydrogen-bond acceptors (Lipinski definition) is 7. The minimum Gasteiger partial charge on any atom is -0.491 e. The summed E-state index contributed by atoms with van der Waals surface area (Å²) in [6.45, 7) is 9.23. The average molecular weight is 662 g/mol. The SMILES string of the molecule is CCN(CC)CCN(C)Cc1cccc(C(=O)Nc2ccc(OCCOC)cc2C(=O)N/N=C/c2ccc(Cl)c(C(F)(F)F)c2)c1. The molecule has 0 atom stereocenters. The van der Waals surface area contributed by atoms with Crippen LogP contribution in [0.2, 0.25) is 5.02 Å². The topological polar surface area (TPSA) is 95.5 Å². The van der Waals surface area contributed by atoms with Crippen molar-refractivity contribution in [2.75, 3.05) is 58.9 Å². The van der Waals surface area contributed by atoms with Crippen LogP contribution in [0.1, 0.15) is 51.3 Å². The molecule has 0 aromatic heterocycles. The van der Waals surface area contributed by atoms with Gasteiger partial charge in [-0.3, -0.25) is 9.59 Å². The fourth-order valence-electron chi connectivity index (χ4n) is 4.47. The molecule has 0 aliphatic heterocycles. The van der Waals surface area contributed by atoms with Gasteiger partial charge in [0.15, 0.2) is 0 Å². The van der Waals surface area contributed by atoms with Gasteiger partial charge in [-0.2, -0.15) is 18.3 Å². The monoisotopic (exact) mass is 661 g/mol. The number of amides is 2. The molecule has 13 heteroatoms. The summed E-state index contributed by atoms with van der Waals surface area (Å²) in [4.78, 5) is 31.0. The van der Waals surface area contributed by atoms with E-state index in [4.69, 9.17) is 21.1 Å². The van der Waals surface area contributed by atoms with Gasteiger partial charge in [-0.1, -0.05) is 43.6 Å². The number of nitrogens with one attached hydrogen (secondary N) is 2. The highest BCUT2D eigenvalue weighted by Crippen LogP contribution is 2.35. The Kier molecular flexibility index (Phi) is 14.0. The predicted octanol–water partition coefficient (Wildman–Crippen LogP) is 6.17. The number of alkyl halides is 3. The largest absolute Gasteiger partial charge is 0.491 e. The van der Waals surface area contributed by atoms with E-state index < -0.39 is 28.6 Å². The van der Waals surface area contributed by atoms with E-state index in [-0.39, 0.29) is 23.4 Å². The highest BCUT2D eigenvalue weighted by molar-refractivity contribution is 6.31. The molecular weight excluding hydrogens is 623 g/mol. The number of carbonyl (C=O) groups excluding carboxylic acids is 2. The van der Waals surface area contributed by atoms with Crippen molar-refractivity contribution in [1.82, 2.24) is 15.2 Å². The standard InChI is InChI=1S/C33H39ClF3N5O4/c1-5-42(6-2)15-14-41(3)22-24-8-7-9-25(18-24)31(43)39-30-13-11-26(46-17-16-45-4)20-27(30)32(44)40-38-21-23-10-12-29(34)28(19-23)33(35,36)37/h7-13,18-21H,5-6,14-17,22H2,1-4H3,(H,39,43)(H,40,44)/b38-21+. The lowest BCUT2D eigenvalue weighted by molar-refractivity contribution is -0.137. The zero-order valence-corrected chi connectivity index (χ0v) is 27.0. The molecule has 0 unspecified atom stereocenters. The van der Waals surface area contributed by atoms with Crippen LogP contribution in [0, 0.1) is 0 Å². The summed E-state index contributed by atoms with van der Waals surface area (Å²) < 4.78 is 50.3. The van der Waals surface area contributed by atoms with Gasteiger partial charge in [0.05, 0.1) is 34.7 Å². The smallest absolute Gasteiger partial charge is 0.417 e. The highest BCUT2D eigenvalue weighted by Gasteiger charge is 2.33. The molecule has 9 nitrogen and oxygen atoms in total. The number of halogens is 4. The summed E-state index contributed by atoms with van der Waals surface area (Å²) in [5.41, 5.74) is 2.93. The van der Waals surface area contributed by atoms with Crippen molar-refractivity contribution in [3.05, 3.63) is 93.5 Å². The third-order valence-corrected chi connectivity index (χ3v) is 7.38. The van der Waals surface area contributed by atoms with Gasteiger partial charge >= 0.3 is 6.18 Å². The second-order valence-electron chi connectivity index (χ2n) is 10.4. The Morgan fingerprint density at radius 1 is 0.978 bits per heavy atom. The van der Waals surface area contributed by atoms with E-state index in [1.165, 1.54) is 25.3 Å². The van der Waals surface area contributed by atoms with Gasteiger partial charge in [0.1, 0.15) is 12.4 Å². The van der Waals surface area contributed by atoms with Crippen LogP contribution < -0.4 is 15.5 Å². The molecule has 0 bridgehead atoms. The van der Waals surface area contributed by atoms with E-state index in [0.29, 0.717) is 24.5 Å². The van der Waals surface area contributed by atoms with Crippen LogP contribution in [0.25, 0.3) is 0 Å². The maximum absolute atomic E-state index is 13.3. The van der Waals surface area contributed by atoms with Crippen molar-refractivity contribution in [1.29, 1.82) is 0 Å². The molecule has 0 aliphatic carbocycles. The fourth-order valence-corrected chi connectivity index (χ4v) is 4.69. The normalized spacial score (nSPS) is 11.8. The zero-order valence-electron chi connectivity index (χ0n) is 26.3. The van der Waals surface area contributed by atoms with Crippen LogP contribution in [-0.4, -0.2) is 81.4 Å². The van der Waals surface area contributed by atoms with Crippen LogP contribution in [0.3, 0.4) is 0 Å². The molecule has 46 heavy (non-hydrogen) atoms. The first-order valence-electron chi connectivity index (χ1n) is 14.7. The molecule has 0 saturated carbocycles. The molecule has 0 heterocycles. The molecule has 248 valence electrons. The van der Waals surface area contributed by atoms with Crippen LogP contribution in [0.15, 0.2) is 65.8 Å². The van der Waals surface area contributed by atoms with E-state index in [2.05, 4.69) is 39.5 Å². The van der Waals surface area contributed by atoms with Gasteiger partial charge in [0.2, 0.25) is 0 Å². The number of nitrogens with zero attached hydrogens (tertiary/aromatic N) is 3. The molecular formula is C33H39ClF3N5O4. The van der Waals surface area contributed by atoms with Gasteiger partial charge in [-0.15, -0.1) is 0 Å². The van der Waals surface area contributed by atoms with Crippen LogP contribution >= 0.6 is 11.6 Å². The number of hydrogen-bond donors (Lipinski definition) is 2. The number of benzene rings is 3. The summed E-state index contributed by atoms with van der Waals surface area (Å²) in [5.74, 6) is -0.817. The Labute approximate surface area is 272 Å². The molecule has 0 saturated heterocycles. The Hall–Kier alpha value is -3.97. The van der Waals surface area contributed by atoms with Gasteiger partial charge in [0.25, 0.3) is 11.8 Å². The van der Waals surface area contributed by atoms with Crippen molar-refractivity contribution in [2.45, 2.75) is 26.6 Å². The molecule has 0 spiro atoms. The van der Waals surface area contributed by atoms with Crippen LogP contribution in [0.5, 0.6) is 5.75 Å². The lowest BCUT2D eigenvalue weighted by atomic mass is 10.1. The van der Waals surface area contributed by atoms with E-state index in [1.807, 2.05) is 13.1 Å².